The van der Waals surface area contributed by atoms with Crippen LogP contribution in [0, 0.1) is 5.92 Å². The second-order valence-corrected chi connectivity index (χ2v) is 5.70. The highest BCUT2D eigenvalue weighted by molar-refractivity contribution is 5.91. The minimum atomic E-state index is -1.42. The smallest absolute Gasteiger partial charge is 0.328 e. The van der Waals surface area contributed by atoms with Crippen molar-refractivity contribution in [1.29, 1.82) is 0 Å². The van der Waals surface area contributed by atoms with Crippen LogP contribution in [-0.4, -0.2) is 59.3 Å². The number of carboxylic acid groups (broad SMARTS) is 1. The minimum Gasteiger partial charge on any atom is -0.480 e. The van der Waals surface area contributed by atoms with Gasteiger partial charge in [0.25, 0.3) is 0 Å². The third-order valence-electron chi connectivity index (χ3n) is 3.35. The summed E-state index contributed by atoms with van der Waals surface area (Å²) in [6.07, 6.45) is 1.91. The Morgan fingerprint density at radius 1 is 1.09 bits per heavy atom. The number of nitrogens with one attached hydrogen (secondary N) is 2. The summed E-state index contributed by atoms with van der Waals surface area (Å²) in [6, 6.07) is -3.11. The molecule has 0 rings (SSSR count). The fraction of sp³-hybridized carbons (Fsp3) is 0.786. The molecule has 0 aliphatic heterocycles. The molecular weight excluding hydrogens is 304 g/mol. The van der Waals surface area contributed by atoms with Crippen LogP contribution >= 0.6 is 0 Å². The van der Waals surface area contributed by atoms with E-state index in [0.29, 0.717) is 19.4 Å². The van der Waals surface area contributed by atoms with Crippen molar-refractivity contribution in [3.8, 4) is 0 Å². The Balaban J connectivity index is 4.69. The molecule has 0 aromatic heterocycles. The van der Waals surface area contributed by atoms with Gasteiger partial charge in [0.15, 0.2) is 0 Å². The van der Waals surface area contributed by atoms with Gasteiger partial charge in [-0.25, -0.2) is 4.79 Å². The molecule has 0 saturated heterocycles. The van der Waals surface area contributed by atoms with Gasteiger partial charge in [-0.05, 0) is 25.3 Å². The van der Waals surface area contributed by atoms with Gasteiger partial charge in [-0.1, -0.05) is 20.3 Å². The van der Waals surface area contributed by atoms with Crippen molar-refractivity contribution >= 4 is 17.8 Å². The number of nitrogens with two attached hydrogens (primary N) is 2. The molecule has 9 nitrogen and oxygen atoms in total. The lowest BCUT2D eigenvalue weighted by Gasteiger charge is -2.24. The first-order valence-corrected chi connectivity index (χ1v) is 7.64. The highest BCUT2D eigenvalue weighted by atomic mass is 16.4. The van der Waals surface area contributed by atoms with Crippen LogP contribution in [0.25, 0.3) is 0 Å². The fourth-order valence-electron chi connectivity index (χ4n) is 1.88. The topological polar surface area (TPSA) is 168 Å². The molecule has 8 N–H and O–H groups in total. The van der Waals surface area contributed by atoms with E-state index in [1.165, 1.54) is 0 Å². The summed E-state index contributed by atoms with van der Waals surface area (Å²) in [5.41, 5.74) is 11.1. The van der Waals surface area contributed by atoms with Crippen LogP contribution in [0.3, 0.4) is 0 Å². The summed E-state index contributed by atoms with van der Waals surface area (Å²) in [4.78, 5) is 35.0. The number of carbonyl (C=O) groups excluding carboxylic acids is 2. The van der Waals surface area contributed by atoms with Crippen LogP contribution in [0.2, 0.25) is 0 Å². The van der Waals surface area contributed by atoms with E-state index in [2.05, 4.69) is 10.6 Å². The number of unbranched alkanes of at least 4 members (excludes halogenated alkanes) is 1. The van der Waals surface area contributed by atoms with Crippen molar-refractivity contribution in [1.82, 2.24) is 10.6 Å². The van der Waals surface area contributed by atoms with Crippen molar-refractivity contribution in [3.05, 3.63) is 0 Å². The lowest BCUT2D eigenvalue weighted by Crippen LogP contribution is -2.56. The van der Waals surface area contributed by atoms with Gasteiger partial charge in [0.05, 0.1) is 12.6 Å². The Bertz CT molecular complexity index is 403. The predicted octanol–water partition coefficient (Wildman–Crippen LogP) is -1.85. The third-order valence-corrected chi connectivity index (χ3v) is 3.35. The van der Waals surface area contributed by atoms with Gasteiger partial charge < -0.3 is 32.3 Å². The standard InChI is InChI=1S/C14H28N4O5/c1-8(2)11(13(21)17-10(7-19)14(22)23)18-12(20)9(16)5-3-4-6-15/h8-11,19H,3-7,15-16H2,1-2H3,(H,17,21)(H,18,20)(H,22,23)/t9-,10-,11-/m0/s1. The molecule has 134 valence electrons. The van der Waals surface area contributed by atoms with E-state index in [0.717, 1.165) is 6.42 Å². The van der Waals surface area contributed by atoms with E-state index < -0.39 is 42.5 Å². The summed E-state index contributed by atoms with van der Waals surface area (Å²) in [5.74, 6) is -2.78. The first kappa shape index (κ1) is 21.3. The van der Waals surface area contributed by atoms with Crippen molar-refractivity contribution in [3.63, 3.8) is 0 Å². The maximum absolute atomic E-state index is 12.1. The number of carbonyl (C=O) groups is 3. The lowest BCUT2D eigenvalue weighted by molar-refractivity contribution is -0.143. The molecule has 23 heavy (non-hydrogen) atoms. The average Bonchev–Trinajstić information content (AvgIpc) is 2.48. The SMILES string of the molecule is CC(C)[C@H](NC(=O)[C@@H](N)CCCCN)C(=O)N[C@@H](CO)C(=O)O. The molecule has 0 heterocycles. The van der Waals surface area contributed by atoms with E-state index >= 15 is 0 Å². The highest BCUT2D eigenvalue weighted by Crippen LogP contribution is 2.05. The molecule has 2 amide bonds. The zero-order valence-corrected chi connectivity index (χ0v) is 13.6. The maximum atomic E-state index is 12.1. The molecule has 0 aromatic carbocycles. The first-order valence-electron chi connectivity index (χ1n) is 7.64. The van der Waals surface area contributed by atoms with Crippen molar-refractivity contribution in [2.75, 3.05) is 13.2 Å². The van der Waals surface area contributed by atoms with E-state index in [4.69, 9.17) is 21.7 Å². The summed E-state index contributed by atoms with van der Waals surface area (Å²) in [5, 5.41) is 22.5. The van der Waals surface area contributed by atoms with Crippen LogP contribution in [0.1, 0.15) is 33.1 Å². The number of aliphatic carboxylic acids is 1. The molecule has 0 saturated carbocycles. The Morgan fingerprint density at radius 3 is 2.13 bits per heavy atom. The number of carboxylic acids is 1. The quantitative estimate of drug-likeness (QED) is 0.241. The van der Waals surface area contributed by atoms with E-state index in [-0.39, 0.29) is 5.92 Å². The fourth-order valence-corrected chi connectivity index (χ4v) is 1.88. The van der Waals surface area contributed by atoms with Gasteiger partial charge in [-0.15, -0.1) is 0 Å². The van der Waals surface area contributed by atoms with Gasteiger partial charge in [0, 0.05) is 0 Å². The summed E-state index contributed by atoms with van der Waals surface area (Å²) < 4.78 is 0. The van der Waals surface area contributed by atoms with Gasteiger partial charge >= 0.3 is 5.97 Å². The van der Waals surface area contributed by atoms with Crippen LogP contribution in [0.15, 0.2) is 0 Å². The monoisotopic (exact) mass is 332 g/mol. The molecule has 0 bridgehead atoms. The average molecular weight is 332 g/mol. The molecule has 0 aliphatic rings. The predicted molar refractivity (Wildman–Crippen MR) is 84.3 cm³/mol. The first-order chi connectivity index (χ1) is 10.7. The number of aliphatic hydroxyl groups excluding tert-OH is 1. The summed E-state index contributed by atoms with van der Waals surface area (Å²) in [7, 11) is 0. The van der Waals surface area contributed by atoms with Crippen LogP contribution in [0.4, 0.5) is 0 Å². The van der Waals surface area contributed by atoms with Gasteiger partial charge in [0.1, 0.15) is 12.1 Å². The molecule has 0 aromatic rings. The number of hydrogen-bond donors (Lipinski definition) is 6. The summed E-state index contributed by atoms with van der Waals surface area (Å²) in [6.45, 7) is 3.19. The van der Waals surface area contributed by atoms with E-state index in [1.54, 1.807) is 13.8 Å². The number of rotatable bonds is 11. The lowest BCUT2D eigenvalue weighted by atomic mass is 10.0. The Kier molecular flexibility index (Phi) is 10.1. The minimum absolute atomic E-state index is 0.275. The zero-order valence-electron chi connectivity index (χ0n) is 13.6. The molecule has 0 unspecified atom stereocenters. The van der Waals surface area contributed by atoms with Crippen molar-refractivity contribution in [2.45, 2.75) is 51.2 Å². The number of amides is 2. The summed E-state index contributed by atoms with van der Waals surface area (Å²) >= 11 is 0. The molecule has 0 aliphatic carbocycles. The van der Waals surface area contributed by atoms with E-state index in [9.17, 15) is 14.4 Å². The van der Waals surface area contributed by atoms with Crippen LogP contribution in [0.5, 0.6) is 0 Å². The molecular formula is C14H28N4O5. The van der Waals surface area contributed by atoms with Gasteiger partial charge in [-0.2, -0.15) is 0 Å². The third kappa shape index (κ3) is 7.91. The largest absolute Gasteiger partial charge is 0.480 e. The second kappa shape index (κ2) is 10.9. The molecule has 0 radical (unpaired) electrons. The Morgan fingerprint density at radius 2 is 1.70 bits per heavy atom. The second-order valence-electron chi connectivity index (χ2n) is 5.70. The normalized spacial score (nSPS) is 14.9. The molecule has 0 fully saturated rings. The Hall–Kier alpha value is -1.71. The van der Waals surface area contributed by atoms with Crippen molar-refractivity contribution < 1.29 is 24.6 Å². The van der Waals surface area contributed by atoms with Crippen molar-refractivity contribution in [2.24, 2.45) is 17.4 Å². The van der Waals surface area contributed by atoms with Gasteiger partial charge in [-0.3, -0.25) is 9.59 Å². The molecule has 0 spiro atoms. The highest BCUT2D eigenvalue weighted by Gasteiger charge is 2.29. The maximum Gasteiger partial charge on any atom is 0.328 e. The van der Waals surface area contributed by atoms with Crippen LogP contribution in [-0.2, 0) is 14.4 Å². The van der Waals surface area contributed by atoms with E-state index in [1.807, 2.05) is 0 Å². The number of aliphatic hydroxyl groups is 1. The molecule has 3 atom stereocenters. The van der Waals surface area contributed by atoms with Crippen LogP contribution < -0.4 is 22.1 Å². The number of hydrogen-bond acceptors (Lipinski definition) is 6. The molecule has 9 heteroatoms. The Labute approximate surface area is 135 Å². The zero-order chi connectivity index (χ0) is 18.0. The van der Waals surface area contributed by atoms with Gasteiger partial charge in [0.2, 0.25) is 11.8 Å².